The van der Waals surface area contributed by atoms with E-state index in [1.807, 2.05) is 48.5 Å². The summed E-state index contributed by atoms with van der Waals surface area (Å²) in [6.07, 6.45) is -0.0321. The minimum atomic E-state index is -4.68. The number of rotatable bonds is 15. The van der Waals surface area contributed by atoms with Crippen LogP contribution in [0.4, 0.5) is 11.4 Å². The van der Waals surface area contributed by atoms with Gasteiger partial charge in [-0.05, 0) is 87.2 Å². The molecule has 0 atom stereocenters. The van der Waals surface area contributed by atoms with Crippen LogP contribution >= 0.6 is 0 Å². The van der Waals surface area contributed by atoms with Gasteiger partial charge < -0.3 is 23.6 Å². The molecule has 0 saturated carbocycles. The summed E-state index contributed by atoms with van der Waals surface area (Å²) in [5, 5.41) is 0. The number of ether oxygens (including phenoxy) is 1. The summed E-state index contributed by atoms with van der Waals surface area (Å²) in [6.45, 7) is 11.5. The summed E-state index contributed by atoms with van der Waals surface area (Å²) in [6, 6.07) is 21.2. The van der Waals surface area contributed by atoms with E-state index < -0.39 is 31.6 Å². The summed E-state index contributed by atoms with van der Waals surface area (Å²) in [5.41, 5.74) is 2.69. The number of benzene rings is 3. The molecule has 3 rings (SSSR count). The van der Waals surface area contributed by atoms with Gasteiger partial charge in [-0.1, -0.05) is 36.4 Å². The Balaban J connectivity index is 0.00000462. The molecule has 0 aliphatic heterocycles. The Morgan fingerprint density at radius 2 is 0.977 bits per heavy atom. The second-order valence-electron chi connectivity index (χ2n) is 9.56. The quantitative estimate of drug-likeness (QED) is 0.0840. The van der Waals surface area contributed by atoms with Crippen molar-refractivity contribution in [1.29, 1.82) is 0 Å². The molecule has 0 unspecified atom stereocenters. The third-order valence-corrected chi connectivity index (χ3v) is 8.85. The van der Waals surface area contributed by atoms with Gasteiger partial charge in [0.1, 0.15) is 15.7 Å². The van der Waals surface area contributed by atoms with Crippen LogP contribution in [-0.2, 0) is 30.6 Å². The second-order valence-corrected chi connectivity index (χ2v) is 12.5. The maximum Gasteiger partial charge on any atom is 1.00 e. The zero-order valence-electron chi connectivity index (χ0n) is 25.9. The number of hydrogen-bond donors (Lipinski definition) is 0. The van der Waals surface area contributed by atoms with Crippen molar-refractivity contribution in [3.8, 4) is 0 Å². The van der Waals surface area contributed by atoms with Crippen molar-refractivity contribution in [2.45, 2.75) is 44.6 Å². The van der Waals surface area contributed by atoms with Crippen molar-refractivity contribution >= 4 is 31.6 Å². The Hall–Kier alpha value is -0.960. The van der Waals surface area contributed by atoms with Crippen molar-refractivity contribution in [3.05, 3.63) is 89.5 Å². The maximum absolute atomic E-state index is 11.7. The fraction of sp³-hybridized carbons (Fsp3) is 0.400. The number of nitrogens with zero attached hydrogens (tertiary/aromatic N) is 2. The molecule has 43 heavy (non-hydrogen) atoms. The second kappa shape index (κ2) is 17.7. The first-order chi connectivity index (χ1) is 19.4. The van der Waals surface area contributed by atoms with E-state index in [-0.39, 0.29) is 77.0 Å². The van der Waals surface area contributed by atoms with Crippen LogP contribution in [0.15, 0.2) is 77.7 Å². The normalized spacial score (nSPS) is 11.8. The molecule has 9 nitrogen and oxygen atoms in total. The van der Waals surface area contributed by atoms with Crippen LogP contribution in [0.2, 0.25) is 0 Å². The average Bonchev–Trinajstić information content (AvgIpc) is 2.95. The SMILES string of the molecule is CCN(CC)c1ccc(C(OCCCS(=O)(=O)[O-])(c2ccc(N(CC)CC)cc2)c2ccc(S(=O)(=O)[O-])cc2)cc1.[Na+].[Na+]. The van der Waals surface area contributed by atoms with E-state index in [0.717, 1.165) is 37.6 Å². The molecule has 224 valence electrons. The third-order valence-electron chi connectivity index (χ3n) is 7.21. The van der Waals surface area contributed by atoms with E-state index in [2.05, 4.69) is 37.5 Å². The molecule has 3 aromatic carbocycles. The van der Waals surface area contributed by atoms with Crippen LogP contribution in [0, 0.1) is 0 Å². The molecule has 0 heterocycles. The van der Waals surface area contributed by atoms with E-state index in [4.69, 9.17) is 4.74 Å². The first kappa shape index (κ1) is 40.1. The van der Waals surface area contributed by atoms with Crippen LogP contribution in [0.25, 0.3) is 0 Å². The molecular weight excluding hydrogens is 610 g/mol. The molecule has 0 aliphatic rings. The van der Waals surface area contributed by atoms with E-state index in [1.165, 1.54) is 24.3 Å². The fourth-order valence-electron chi connectivity index (χ4n) is 5.06. The van der Waals surface area contributed by atoms with Gasteiger partial charge in [0.25, 0.3) is 0 Å². The predicted octanol–water partition coefficient (Wildman–Crippen LogP) is -1.47. The van der Waals surface area contributed by atoms with E-state index in [9.17, 15) is 25.9 Å². The monoisotopic (exact) mass is 648 g/mol. The van der Waals surface area contributed by atoms with Crippen LogP contribution in [0.1, 0.15) is 50.8 Å². The molecule has 0 aromatic heterocycles. The molecule has 0 radical (unpaired) electrons. The van der Waals surface area contributed by atoms with E-state index in [1.54, 1.807) is 0 Å². The van der Waals surface area contributed by atoms with Crippen LogP contribution < -0.4 is 68.9 Å². The Bertz CT molecular complexity index is 1420. The molecular formula is C30H38N2Na2O7S2. The molecule has 0 saturated heterocycles. The summed E-state index contributed by atoms with van der Waals surface area (Å²) in [7, 11) is -9.12. The summed E-state index contributed by atoms with van der Waals surface area (Å²) in [4.78, 5) is 4.01. The van der Waals surface area contributed by atoms with Gasteiger partial charge in [-0.3, -0.25) is 0 Å². The number of hydrogen-bond acceptors (Lipinski definition) is 9. The summed E-state index contributed by atoms with van der Waals surface area (Å²) >= 11 is 0. The standard InChI is InChI=1S/C30H40N2O7S2.2Na/c1-5-31(6-2)27-16-10-24(11-17-27)30(39-22-9-23-40(33,34)35,26-14-20-29(21-15-26)41(36,37)38)25-12-18-28(19-13-25)32(7-3)8-4;;/h10-21H,5-9,22-23H2,1-4H3,(H,33,34,35)(H,36,37,38);;/q;2*+1/p-2. The first-order valence-corrected chi connectivity index (χ1v) is 16.7. The average molecular weight is 649 g/mol. The Kier molecular flexibility index (Phi) is 16.5. The predicted molar refractivity (Wildman–Crippen MR) is 159 cm³/mol. The molecule has 0 aliphatic carbocycles. The molecule has 0 bridgehead atoms. The summed E-state index contributed by atoms with van der Waals surface area (Å²) < 4.78 is 75.5. The Labute approximate surface area is 301 Å². The van der Waals surface area contributed by atoms with Gasteiger partial charge in [-0.2, -0.15) is 0 Å². The van der Waals surface area contributed by atoms with Crippen molar-refractivity contribution in [1.82, 2.24) is 0 Å². The molecule has 0 spiro atoms. The zero-order chi connectivity index (χ0) is 30.3. The zero-order valence-corrected chi connectivity index (χ0v) is 31.6. The number of anilines is 2. The van der Waals surface area contributed by atoms with Gasteiger partial charge in [-0.25, -0.2) is 16.8 Å². The molecule has 0 amide bonds. The topological polar surface area (TPSA) is 130 Å². The molecule has 0 N–H and O–H groups in total. The van der Waals surface area contributed by atoms with Crippen molar-refractivity contribution < 1.29 is 89.8 Å². The van der Waals surface area contributed by atoms with Gasteiger partial charge in [0, 0.05) is 49.9 Å². The molecule has 3 aromatic rings. The van der Waals surface area contributed by atoms with Crippen molar-refractivity contribution in [2.75, 3.05) is 48.3 Å². The summed E-state index contributed by atoms with van der Waals surface area (Å²) in [5.74, 6) is -0.585. The van der Waals surface area contributed by atoms with Gasteiger partial charge in [0.15, 0.2) is 0 Å². The van der Waals surface area contributed by atoms with Gasteiger partial charge >= 0.3 is 59.1 Å². The van der Waals surface area contributed by atoms with Crippen molar-refractivity contribution in [2.24, 2.45) is 0 Å². The van der Waals surface area contributed by atoms with E-state index in [0.29, 0.717) is 16.7 Å². The Morgan fingerprint density at radius 1 is 0.628 bits per heavy atom. The molecule has 0 fully saturated rings. The van der Waals surface area contributed by atoms with Crippen LogP contribution in [0.5, 0.6) is 0 Å². The van der Waals surface area contributed by atoms with Crippen molar-refractivity contribution in [3.63, 3.8) is 0 Å². The van der Waals surface area contributed by atoms with Crippen LogP contribution in [0.3, 0.4) is 0 Å². The largest absolute Gasteiger partial charge is 1.00 e. The van der Waals surface area contributed by atoms with Crippen LogP contribution in [-0.4, -0.2) is 64.5 Å². The Morgan fingerprint density at radius 3 is 1.28 bits per heavy atom. The van der Waals surface area contributed by atoms with Gasteiger partial charge in [0.05, 0.1) is 15.0 Å². The van der Waals surface area contributed by atoms with Gasteiger partial charge in [-0.15, -0.1) is 0 Å². The maximum atomic E-state index is 11.7. The smallest absolute Gasteiger partial charge is 0.748 e. The van der Waals surface area contributed by atoms with Gasteiger partial charge in [0.2, 0.25) is 0 Å². The third kappa shape index (κ3) is 10.3. The minimum absolute atomic E-state index is 0. The van der Waals surface area contributed by atoms with E-state index >= 15 is 0 Å². The minimum Gasteiger partial charge on any atom is -0.748 e. The fourth-order valence-corrected chi connectivity index (χ4v) is 6.00. The first-order valence-electron chi connectivity index (χ1n) is 13.7. The molecule has 13 heteroatoms.